The molecule has 1 aromatic heterocycles. The number of benzene rings is 1. The molecular formula is C13H15F3N4. The van der Waals surface area contributed by atoms with E-state index in [-0.39, 0.29) is 12.6 Å². The number of aromatic nitrogens is 3. The first kappa shape index (κ1) is 14.5. The lowest BCUT2D eigenvalue weighted by Crippen LogP contribution is -2.08. The molecule has 2 N–H and O–H groups in total. The number of alkyl halides is 3. The summed E-state index contributed by atoms with van der Waals surface area (Å²) in [5, 5.41) is 7.97. The highest BCUT2D eigenvalue weighted by Crippen LogP contribution is 2.32. The Kier molecular flexibility index (Phi) is 3.80. The molecule has 0 fully saturated rings. The van der Waals surface area contributed by atoms with Gasteiger partial charge in [0.05, 0.1) is 11.3 Å². The fraction of sp³-hybridized carbons (Fsp3) is 0.385. The highest BCUT2D eigenvalue weighted by atomic mass is 19.4. The SMILES string of the molecule is CC(C)n1nnc(CN)c1-c1ccc(C(F)(F)F)cc1. The zero-order valence-electron chi connectivity index (χ0n) is 11.1. The van der Waals surface area contributed by atoms with Gasteiger partial charge >= 0.3 is 6.18 Å². The molecule has 108 valence electrons. The number of halogens is 3. The Balaban J connectivity index is 2.49. The average molecular weight is 284 g/mol. The van der Waals surface area contributed by atoms with E-state index in [1.54, 1.807) is 4.68 Å². The lowest BCUT2D eigenvalue weighted by molar-refractivity contribution is -0.137. The highest BCUT2D eigenvalue weighted by Gasteiger charge is 2.30. The molecule has 0 radical (unpaired) electrons. The van der Waals surface area contributed by atoms with Gasteiger partial charge in [0, 0.05) is 18.2 Å². The third kappa shape index (κ3) is 2.67. The standard InChI is InChI=1S/C13H15F3N4/c1-8(2)20-12(11(7-17)18-19-20)9-3-5-10(6-4-9)13(14,15)16/h3-6,8H,7,17H2,1-2H3. The smallest absolute Gasteiger partial charge is 0.325 e. The van der Waals surface area contributed by atoms with Gasteiger partial charge in [-0.2, -0.15) is 13.2 Å². The molecule has 0 amide bonds. The molecule has 0 unspecified atom stereocenters. The summed E-state index contributed by atoms with van der Waals surface area (Å²) in [6.45, 7) is 4.02. The second-order valence-corrected chi connectivity index (χ2v) is 4.70. The molecule has 0 atom stereocenters. The minimum atomic E-state index is -4.34. The van der Waals surface area contributed by atoms with Crippen molar-refractivity contribution in [1.82, 2.24) is 15.0 Å². The van der Waals surface area contributed by atoms with E-state index in [1.807, 2.05) is 13.8 Å². The van der Waals surface area contributed by atoms with E-state index in [9.17, 15) is 13.2 Å². The third-order valence-corrected chi connectivity index (χ3v) is 2.93. The number of hydrogen-bond acceptors (Lipinski definition) is 3. The van der Waals surface area contributed by atoms with Gasteiger partial charge in [-0.1, -0.05) is 17.3 Å². The summed E-state index contributed by atoms with van der Waals surface area (Å²) in [5.74, 6) is 0. The van der Waals surface area contributed by atoms with E-state index in [0.29, 0.717) is 17.0 Å². The number of rotatable bonds is 3. The van der Waals surface area contributed by atoms with Gasteiger partial charge in [0.2, 0.25) is 0 Å². The first-order valence-corrected chi connectivity index (χ1v) is 6.16. The van der Waals surface area contributed by atoms with Gasteiger partial charge in [0.25, 0.3) is 0 Å². The van der Waals surface area contributed by atoms with Gasteiger partial charge in [0.1, 0.15) is 5.69 Å². The Morgan fingerprint density at radius 1 is 1.20 bits per heavy atom. The fourth-order valence-corrected chi connectivity index (χ4v) is 1.94. The van der Waals surface area contributed by atoms with Crippen LogP contribution in [-0.4, -0.2) is 15.0 Å². The molecule has 7 heteroatoms. The molecular weight excluding hydrogens is 269 g/mol. The van der Waals surface area contributed by atoms with Crippen LogP contribution in [0.15, 0.2) is 24.3 Å². The Morgan fingerprint density at radius 2 is 1.80 bits per heavy atom. The fourth-order valence-electron chi connectivity index (χ4n) is 1.94. The van der Waals surface area contributed by atoms with E-state index < -0.39 is 11.7 Å². The van der Waals surface area contributed by atoms with Crippen LogP contribution in [0.4, 0.5) is 13.2 Å². The van der Waals surface area contributed by atoms with Gasteiger partial charge in [-0.05, 0) is 26.0 Å². The number of hydrogen-bond donors (Lipinski definition) is 1. The Morgan fingerprint density at radius 3 is 2.25 bits per heavy atom. The van der Waals surface area contributed by atoms with Crippen molar-refractivity contribution >= 4 is 0 Å². The molecule has 20 heavy (non-hydrogen) atoms. The lowest BCUT2D eigenvalue weighted by Gasteiger charge is -2.12. The van der Waals surface area contributed by atoms with Crippen LogP contribution in [0.3, 0.4) is 0 Å². The molecule has 1 heterocycles. The van der Waals surface area contributed by atoms with Crippen LogP contribution in [0.25, 0.3) is 11.3 Å². The van der Waals surface area contributed by atoms with Crippen molar-refractivity contribution in [3.8, 4) is 11.3 Å². The summed E-state index contributed by atoms with van der Waals surface area (Å²) >= 11 is 0. The van der Waals surface area contributed by atoms with Crippen LogP contribution in [0, 0.1) is 0 Å². The molecule has 0 spiro atoms. The van der Waals surface area contributed by atoms with Crippen molar-refractivity contribution in [2.75, 3.05) is 0 Å². The molecule has 0 saturated heterocycles. The minimum absolute atomic E-state index is 0.0418. The van der Waals surface area contributed by atoms with Crippen LogP contribution in [0.5, 0.6) is 0 Å². The molecule has 4 nitrogen and oxygen atoms in total. The van der Waals surface area contributed by atoms with Gasteiger partial charge in [-0.25, -0.2) is 4.68 Å². The van der Waals surface area contributed by atoms with Gasteiger partial charge in [-0.15, -0.1) is 5.10 Å². The first-order chi connectivity index (χ1) is 9.34. The summed E-state index contributed by atoms with van der Waals surface area (Å²) in [6, 6.07) is 4.97. The van der Waals surface area contributed by atoms with Crippen molar-refractivity contribution in [2.24, 2.45) is 5.73 Å². The molecule has 2 aromatic rings. The number of nitrogens with two attached hydrogens (primary N) is 1. The maximum atomic E-state index is 12.6. The Bertz CT molecular complexity index is 585. The molecule has 0 bridgehead atoms. The maximum absolute atomic E-state index is 12.6. The van der Waals surface area contributed by atoms with E-state index in [2.05, 4.69) is 10.3 Å². The van der Waals surface area contributed by atoms with Crippen LogP contribution in [0.1, 0.15) is 31.1 Å². The molecule has 0 aliphatic heterocycles. The van der Waals surface area contributed by atoms with Crippen LogP contribution in [0.2, 0.25) is 0 Å². The first-order valence-electron chi connectivity index (χ1n) is 6.16. The predicted molar refractivity (Wildman–Crippen MR) is 68.7 cm³/mol. The van der Waals surface area contributed by atoms with Crippen molar-refractivity contribution in [3.05, 3.63) is 35.5 Å². The molecule has 0 saturated carbocycles. The summed E-state index contributed by atoms with van der Waals surface area (Å²) in [6.07, 6.45) is -4.34. The summed E-state index contributed by atoms with van der Waals surface area (Å²) < 4.78 is 39.4. The molecule has 1 aromatic carbocycles. The third-order valence-electron chi connectivity index (χ3n) is 2.93. The maximum Gasteiger partial charge on any atom is 0.416 e. The Labute approximate surface area is 114 Å². The Hall–Kier alpha value is -1.89. The highest BCUT2D eigenvalue weighted by molar-refractivity contribution is 5.62. The van der Waals surface area contributed by atoms with E-state index in [4.69, 9.17) is 5.73 Å². The van der Waals surface area contributed by atoms with Crippen LogP contribution >= 0.6 is 0 Å². The van der Waals surface area contributed by atoms with Crippen molar-refractivity contribution in [1.29, 1.82) is 0 Å². The van der Waals surface area contributed by atoms with Crippen molar-refractivity contribution in [3.63, 3.8) is 0 Å². The van der Waals surface area contributed by atoms with Crippen molar-refractivity contribution < 1.29 is 13.2 Å². The minimum Gasteiger partial charge on any atom is -0.325 e. The quantitative estimate of drug-likeness (QED) is 0.942. The van der Waals surface area contributed by atoms with Crippen molar-refractivity contribution in [2.45, 2.75) is 32.6 Å². The van der Waals surface area contributed by atoms with Gasteiger partial charge in [-0.3, -0.25) is 0 Å². The topological polar surface area (TPSA) is 56.7 Å². The van der Waals surface area contributed by atoms with E-state index in [1.165, 1.54) is 12.1 Å². The van der Waals surface area contributed by atoms with E-state index >= 15 is 0 Å². The van der Waals surface area contributed by atoms with Gasteiger partial charge in [0.15, 0.2) is 0 Å². The lowest BCUT2D eigenvalue weighted by atomic mass is 10.1. The number of nitrogens with zero attached hydrogens (tertiary/aromatic N) is 3. The summed E-state index contributed by atoms with van der Waals surface area (Å²) in [4.78, 5) is 0. The van der Waals surface area contributed by atoms with Crippen LogP contribution < -0.4 is 5.73 Å². The zero-order valence-corrected chi connectivity index (χ0v) is 11.1. The molecule has 0 aliphatic carbocycles. The van der Waals surface area contributed by atoms with E-state index in [0.717, 1.165) is 12.1 Å². The molecule has 2 rings (SSSR count). The normalized spacial score (nSPS) is 12.2. The summed E-state index contributed by atoms with van der Waals surface area (Å²) in [5.41, 5.74) is 6.78. The second-order valence-electron chi connectivity index (χ2n) is 4.70. The zero-order chi connectivity index (χ0) is 14.9. The average Bonchev–Trinajstić information content (AvgIpc) is 2.81. The van der Waals surface area contributed by atoms with Crippen LogP contribution in [-0.2, 0) is 12.7 Å². The molecule has 0 aliphatic rings. The van der Waals surface area contributed by atoms with Gasteiger partial charge < -0.3 is 5.73 Å². The monoisotopic (exact) mass is 284 g/mol. The predicted octanol–water partition coefficient (Wildman–Crippen LogP) is 3.00. The largest absolute Gasteiger partial charge is 0.416 e. The summed E-state index contributed by atoms with van der Waals surface area (Å²) in [7, 11) is 0. The second kappa shape index (κ2) is 5.24.